The molecule has 1 aromatic heterocycles. The molecule has 0 aliphatic heterocycles. The van der Waals surface area contributed by atoms with Crippen molar-refractivity contribution in [1.29, 1.82) is 0 Å². The van der Waals surface area contributed by atoms with Gasteiger partial charge >= 0.3 is 0 Å². The van der Waals surface area contributed by atoms with Crippen molar-refractivity contribution in [3.8, 4) is 11.3 Å². The Balaban J connectivity index is 1.49. The van der Waals surface area contributed by atoms with Gasteiger partial charge < -0.3 is 21.7 Å². The molecule has 3 aromatic rings. The van der Waals surface area contributed by atoms with Crippen molar-refractivity contribution in [2.24, 2.45) is 11.7 Å². The van der Waals surface area contributed by atoms with E-state index < -0.39 is 5.91 Å². The molecular formula is C28H34N6O3. The molecule has 0 unspecified atom stereocenters. The van der Waals surface area contributed by atoms with Gasteiger partial charge in [-0.2, -0.15) is 5.10 Å². The maximum atomic E-state index is 12.5. The molecule has 2 aromatic carbocycles. The average molecular weight is 503 g/mol. The molecule has 0 radical (unpaired) electrons. The molecule has 1 aliphatic carbocycles. The third kappa shape index (κ3) is 5.50. The molecule has 5 N–H and O–H groups in total. The molecular weight excluding hydrogens is 468 g/mol. The topological polar surface area (TPSA) is 136 Å². The zero-order chi connectivity index (χ0) is 26.7. The highest BCUT2D eigenvalue weighted by Crippen LogP contribution is 2.37. The highest BCUT2D eigenvalue weighted by atomic mass is 16.2. The van der Waals surface area contributed by atoms with E-state index >= 15 is 0 Å². The lowest BCUT2D eigenvalue weighted by atomic mass is 9.85. The van der Waals surface area contributed by atoms with E-state index in [9.17, 15) is 14.4 Å². The van der Waals surface area contributed by atoms with Gasteiger partial charge in [-0.05, 0) is 49.8 Å². The Kier molecular flexibility index (Phi) is 7.61. The van der Waals surface area contributed by atoms with Gasteiger partial charge in [0.2, 0.25) is 5.91 Å². The van der Waals surface area contributed by atoms with Crippen LogP contribution < -0.4 is 16.8 Å². The molecule has 0 atom stereocenters. The molecule has 1 aliphatic rings. The fourth-order valence-electron chi connectivity index (χ4n) is 4.99. The molecule has 9 heteroatoms. The second kappa shape index (κ2) is 10.9. The van der Waals surface area contributed by atoms with Gasteiger partial charge in [-0.1, -0.05) is 42.5 Å². The number of nitrogens with zero attached hydrogens (tertiary/aromatic N) is 3. The van der Waals surface area contributed by atoms with E-state index in [1.165, 1.54) is 0 Å². The quantitative estimate of drug-likeness (QED) is 0.455. The summed E-state index contributed by atoms with van der Waals surface area (Å²) in [6, 6.07) is 14.9. The number of hydrogen-bond acceptors (Lipinski definition) is 5. The Morgan fingerprint density at radius 1 is 1.03 bits per heavy atom. The van der Waals surface area contributed by atoms with Crippen LogP contribution in [0.2, 0.25) is 0 Å². The highest BCUT2D eigenvalue weighted by molar-refractivity contribution is 6.03. The number of carbonyl (C=O) groups is 3. The van der Waals surface area contributed by atoms with Gasteiger partial charge in [-0.25, -0.2) is 4.68 Å². The van der Waals surface area contributed by atoms with Crippen LogP contribution in [0.1, 0.15) is 63.6 Å². The number of primary amides is 1. The predicted octanol–water partition coefficient (Wildman–Crippen LogP) is 3.29. The summed E-state index contributed by atoms with van der Waals surface area (Å²) in [4.78, 5) is 38.8. The third-order valence-corrected chi connectivity index (χ3v) is 7.10. The summed E-state index contributed by atoms with van der Waals surface area (Å²) in [6.07, 6.45) is 2.97. The number of benzene rings is 2. The van der Waals surface area contributed by atoms with Crippen molar-refractivity contribution >= 4 is 23.5 Å². The molecule has 4 rings (SSSR count). The van der Waals surface area contributed by atoms with Crippen molar-refractivity contribution in [2.45, 2.75) is 45.2 Å². The minimum absolute atomic E-state index is 0.00282. The summed E-state index contributed by atoms with van der Waals surface area (Å²) in [6.45, 7) is 2.27. The molecule has 0 saturated heterocycles. The molecule has 194 valence electrons. The number of anilines is 1. The Hall–Kier alpha value is -4.14. The van der Waals surface area contributed by atoms with Crippen LogP contribution in [0.15, 0.2) is 48.5 Å². The maximum absolute atomic E-state index is 12.5. The lowest BCUT2D eigenvalue weighted by Gasteiger charge is -2.30. The Morgan fingerprint density at radius 2 is 1.68 bits per heavy atom. The number of aryl methyl sites for hydroxylation is 1. The van der Waals surface area contributed by atoms with Gasteiger partial charge in [0.25, 0.3) is 11.8 Å². The number of carbonyl (C=O) groups excluding carboxylic acids is 3. The van der Waals surface area contributed by atoms with E-state index in [1.54, 1.807) is 29.7 Å². The number of nitrogens with two attached hydrogens (primary N) is 2. The predicted molar refractivity (Wildman–Crippen MR) is 143 cm³/mol. The molecule has 1 saturated carbocycles. The van der Waals surface area contributed by atoms with Crippen molar-refractivity contribution in [3.63, 3.8) is 0 Å². The first-order chi connectivity index (χ1) is 17.7. The lowest BCUT2D eigenvalue weighted by molar-refractivity contribution is -0.134. The first-order valence-electron chi connectivity index (χ1n) is 12.5. The van der Waals surface area contributed by atoms with E-state index in [1.807, 2.05) is 49.4 Å². The highest BCUT2D eigenvalue weighted by Gasteiger charge is 2.31. The molecule has 0 bridgehead atoms. The van der Waals surface area contributed by atoms with Gasteiger partial charge in [-0.15, -0.1) is 0 Å². The Bertz CT molecular complexity index is 1300. The van der Waals surface area contributed by atoms with Gasteiger partial charge in [0.1, 0.15) is 17.1 Å². The van der Waals surface area contributed by atoms with Crippen LogP contribution in [0.25, 0.3) is 11.3 Å². The minimum atomic E-state index is -0.634. The second-order valence-corrected chi connectivity index (χ2v) is 9.85. The largest absolute Gasteiger partial charge is 0.383 e. The number of nitrogens with one attached hydrogen (secondary N) is 1. The minimum Gasteiger partial charge on any atom is -0.383 e. The van der Waals surface area contributed by atoms with E-state index in [-0.39, 0.29) is 35.2 Å². The first kappa shape index (κ1) is 25.9. The molecule has 1 heterocycles. The Labute approximate surface area is 216 Å². The zero-order valence-electron chi connectivity index (χ0n) is 21.5. The van der Waals surface area contributed by atoms with Crippen LogP contribution in [-0.4, -0.2) is 46.5 Å². The first-order valence-corrected chi connectivity index (χ1v) is 12.5. The summed E-state index contributed by atoms with van der Waals surface area (Å²) in [5.74, 6) is -0.381. The van der Waals surface area contributed by atoms with E-state index in [4.69, 9.17) is 16.6 Å². The van der Waals surface area contributed by atoms with Crippen molar-refractivity contribution in [3.05, 3.63) is 70.8 Å². The summed E-state index contributed by atoms with van der Waals surface area (Å²) in [5, 5.41) is 7.65. The van der Waals surface area contributed by atoms with Crippen LogP contribution in [0.5, 0.6) is 0 Å². The molecule has 0 spiro atoms. The van der Waals surface area contributed by atoms with E-state index in [0.29, 0.717) is 23.4 Å². The summed E-state index contributed by atoms with van der Waals surface area (Å²) < 4.78 is 1.70. The summed E-state index contributed by atoms with van der Waals surface area (Å²) in [5.41, 5.74) is 15.9. The van der Waals surface area contributed by atoms with E-state index in [0.717, 1.165) is 36.8 Å². The van der Waals surface area contributed by atoms with Crippen molar-refractivity contribution in [2.75, 3.05) is 19.8 Å². The van der Waals surface area contributed by atoms with Crippen LogP contribution >= 0.6 is 0 Å². The summed E-state index contributed by atoms with van der Waals surface area (Å²) in [7, 11) is 3.55. The molecule has 1 fully saturated rings. The number of rotatable bonds is 7. The number of hydrogen-bond donors (Lipinski definition) is 3. The number of aromatic nitrogens is 2. The third-order valence-electron chi connectivity index (χ3n) is 7.10. The van der Waals surface area contributed by atoms with Crippen LogP contribution in [0, 0.1) is 12.8 Å². The van der Waals surface area contributed by atoms with Crippen molar-refractivity contribution < 1.29 is 14.4 Å². The van der Waals surface area contributed by atoms with E-state index in [2.05, 4.69) is 5.32 Å². The fraction of sp³-hybridized carbons (Fsp3) is 0.357. The lowest BCUT2D eigenvalue weighted by Crippen LogP contribution is -2.33. The summed E-state index contributed by atoms with van der Waals surface area (Å²) >= 11 is 0. The molecule has 37 heavy (non-hydrogen) atoms. The maximum Gasteiger partial charge on any atom is 0.254 e. The smallest absolute Gasteiger partial charge is 0.254 e. The number of nitrogen functional groups attached to an aromatic ring is 1. The normalized spacial score (nSPS) is 17.3. The average Bonchev–Trinajstić information content (AvgIpc) is 3.24. The van der Waals surface area contributed by atoms with Gasteiger partial charge in [-0.3, -0.25) is 14.4 Å². The zero-order valence-corrected chi connectivity index (χ0v) is 21.5. The van der Waals surface area contributed by atoms with Crippen molar-refractivity contribution in [1.82, 2.24) is 20.0 Å². The van der Waals surface area contributed by atoms with Gasteiger partial charge in [0.05, 0.1) is 6.04 Å². The molecule has 3 amide bonds. The monoisotopic (exact) mass is 502 g/mol. The Morgan fingerprint density at radius 3 is 2.27 bits per heavy atom. The SMILES string of the molecule is Cc1ccccc1C(=O)NCc1ccc(-c2nn([C@H]3CC[C@@H](C(=O)N(C)C)CC3)c(N)c2C(N)=O)cc1. The molecule has 9 nitrogen and oxygen atoms in total. The second-order valence-electron chi connectivity index (χ2n) is 9.85. The number of amides is 3. The van der Waals surface area contributed by atoms with Gasteiger partial charge in [0, 0.05) is 37.7 Å². The van der Waals surface area contributed by atoms with Crippen LogP contribution in [-0.2, 0) is 11.3 Å². The van der Waals surface area contributed by atoms with Crippen LogP contribution in [0.4, 0.5) is 5.82 Å². The van der Waals surface area contributed by atoms with Gasteiger partial charge in [0.15, 0.2) is 0 Å². The standard InChI is InChI=1S/C28H34N6O3/c1-17-6-4-5-7-22(17)27(36)31-16-18-8-10-19(11-9-18)24-23(26(30)35)25(29)34(32-24)21-14-12-20(13-15-21)28(37)33(2)3/h4-11,20-21H,12-16,29H2,1-3H3,(H2,30,35)(H,31,36)/t20-,21+. The van der Waals surface area contributed by atoms with Crippen LogP contribution in [0.3, 0.4) is 0 Å². The fourth-order valence-corrected chi connectivity index (χ4v) is 4.99.